The Balaban J connectivity index is 2.39. The monoisotopic (exact) mass is 236 g/mol. The van der Waals surface area contributed by atoms with Crippen molar-refractivity contribution in [3.8, 4) is 6.07 Å². The lowest BCUT2D eigenvalue weighted by Crippen LogP contribution is -2.32. The van der Waals surface area contributed by atoms with Crippen LogP contribution in [-0.4, -0.2) is 6.54 Å². The van der Waals surface area contributed by atoms with Gasteiger partial charge in [-0.25, -0.2) is 0 Å². The molecule has 0 atom stereocenters. The Kier molecular flexibility index (Phi) is 4.52. The average Bonchev–Trinajstić information content (AvgIpc) is 2.65. The summed E-state index contributed by atoms with van der Waals surface area (Å²) in [5.74, 6) is 0.665. The van der Waals surface area contributed by atoms with Crippen molar-refractivity contribution in [3.63, 3.8) is 0 Å². The van der Waals surface area contributed by atoms with Crippen LogP contribution in [0.3, 0.4) is 0 Å². The van der Waals surface area contributed by atoms with E-state index in [1.807, 2.05) is 11.4 Å². The van der Waals surface area contributed by atoms with Crippen molar-refractivity contribution < 1.29 is 0 Å². The number of nitrogens with zero attached hydrogens (tertiary/aromatic N) is 1. The zero-order valence-electron chi connectivity index (χ0n) is 10.5. The molecule has 16 heavy (non-hydrogen) atoms. The largest absolute Gasteiger partial charge is 0.311 e. The second kappa shape index (κ2) is 5.47. The molecule has 0 saturated heterocycles. The molecule has 0 aliphatic rings. The molecule has 1 N–H and O–H groups in total. The van der Waals surface area contributed by atoms with E-state index in [0.29, 0.717) is 11.3 Å². The summed E-state index contributed by atoms with van der Waals surface area (Å²) < 4.78 is 0. The number of rotatable bonds is 5. The summed E-state index contributed by atoms with van der Waals surface area (Å²) in [6.45, 7) is 10.9. The minimum atomic E-state index is 0.315. The fourth-order valence-corrected chi connectivity index (χ4v) is 2.02. The molecule has 0 radical (unpaired) electrons. The van der Waals surface area contributed by atoms with Crippen LogP contribution < -0.4 is 5.32 Å². The third-order valence-electron chi connectivity index (χ3n) is 3.23. The Morgan fingerprint density at radius 1 is 1.50 bits per heavy atom. The standard InChI is InChI=1S/C13H20N2S/c1-10(2)13(3,4)9-15-7-12-5-11(6-14)8-16-12/h5,8,10,15H,7,9H2,1-4H3. The molecule has 0 aliphatic carbocycles. The molecule has 1 aromatic rings. The fourth-order valence-electron chi connectivity index (χ4n) is 1.24. The average molecular weight is 236 g/mol. The Bertz CT molecular complexity index is 372. The summed E-state index contributed by atoms with van der Waals surface area (Å²) in [7, 11) is 0. The summed E-state index contributed by atoms with van der Waals surface area (Å²) in [4.78, 5) is 1.23. The SMILES string of the molecule is CC(C)C(C)(C)CNCc1cc(C#N)cs1. The first-order valence-corrected chi connectivity index (χ1v) is 6.52. The maximum Gasteiger partial charge on any atom is 0.100 e. The van der Waals surface area contributed by atoms with Crippen molar-refractivity contribution >= 4 is 11.3 Å². The van der Waals surface area contributed by atoms with Gasteiger partial charge in [0, 0.05) is 23.3 Å². The molecule has 0 aliphatic heterocycles. The van der Waals surface area contributed by atoms with Crippen molar-refractivity contribution in [3.05, 3.63) is 21.9 Å². The van der Waals surface area contributed by atoms with Crippen LogP contribution in [0.25, 0.3) is 0 Å². The van der Waals surface area contributed by atoms with Gasteiger partial charge < -0.3 is 5.32 Å². The molecular formula is C13H20N2S. The zero-order chi connectivity index (χ0) is 12.2. The predicted octanol–water partition coefficient (Wildman–Crippen LogP) is 3.39. The highest BCUT2D eigenvalue weighted by atomic mass is 32.1. The lowest BCUT2D eigenvalue weighted by Gasteiger charge is -2.29. The van der Waals surface area contributed by atoms with Crippen LogP contribution in [0.15, 0.2) is 11.4 Å². The van der Waals surface area contributed by atoms with E-state index in [2.05, 4.69) is 39.1 Å². The predicted molar refractivity (Wildman–Crippen MR) is 69.4 cm³/mol. The van der Waals surface area contributed by atoms with Gasteiger partial charge in [0.25, 0.3) is 0 Å². The van der Waals surface area contributed by atoms with E-state index in [4.69, 9.17) is 5.26 Å². The van der Waals surface area contributed by atoms with Crippen LogP contribution >= 0.6 is 11.3 Å². The maximum atomic E-state index is 8.71. The number of thiophene rings is 1. The van der Waals surface area contributed by atoms with Gasteiger partial charge in [0.05, 0.1) is 5.56 Å². The Morgan fingerprint density at radius 3 is 2.69 bits per heavy atom. The highest BCUT2D eigenvalue weighted by Crippen LogP contribution is 2.25. The van der Waals surface area contributed by atoms with E-state index >= 15 is 0 Å². The third kappa shape index (κ3) is 3.62. The van der Waals surface area contributed by atoms with Crippen LogP contribution in [0, 0.1) is 22.7 Å². The number of nitriles is 1. The van der Waals surface area contributed by atoms with Crippen LogP contribution in [0.4, 0.5) is 0 Å². The second-order valence-corrected chi connectivity index (χ2v) is 6.16. The lowest BCUT2D eigenvalue weighted by atomic mass is 9.81. The summed E-state index contributed by atoms with van der Waals surface area (Å²) in [6.07, 6.45) is 0. The maximum absolute atomic E-state index is 8.71. The molecule has 1 heterocycles. The second-order valence-electron chi connectivity index (χ2n) is 5.16. The van der Waals surface area contributed by atoms with E-state index in [-0.39, 0.29) is 0 Å². The zero-order valence-corrected chi connectivity index (χ0v) is 11.3. The van der Waals surface area contributed by atoms with Crippen molar-refractivity contribution in [2.24, 2.45) is 11.3 Å². The van der Waals surface area contributed by atoms with E-state index in [1.165, 1.54) is 4.88 Å². The minimum Gasteiger partial charge on any atom is -0.311 e. The third-order valence-corrected chi connectivity index (χ3v) is 4.16. The van der Waals surface area contributed by atoms with E-state index in [1.54, 1.807) is 11.3 Å². The molecule has 0 saturated carbocycles. The Hall–Kier alpha value is -0.850. The van der Waals surface area contributed by atoms with Crippen molar-refractivity contribution in [1.29, 1.82) is 5.26 Å². The summed E-state index contributed by atoms with van der Waals surface area (Å²) >= 11 is 1.65. The number of nitrogens with one attached hydrogen (secondary N) is 1. The Morgan fingerprint density at radius 2 is 2.19 bits per heavy atom. The molecule has 0 unspecified atom stereocenters. The van der Waals surface area contributed by atoms with Gasteiger partial charge in [-0.1, -0.05) is 27.7 Å². The highest BCUT2D eigenvalue weighted by Gasteiger charge is 2.21. The van der Waals surface area contributed by atoms with Gasteiger partial charge in [-0.05, 0) is 17.4 Å². The van der Waals surface area contributed by atoms with E-state index in [0.717, 1.165) is 18.7 Å². The van der Waals surface area contributed by atoms with Crippen LogP contribution in [0.2, 0.25) is 0 Å². The van der Waals surface area contributed by atoms with Gasteiger partial charge in [0.15, 0.2) is 0 Å². The van der Waals surface area contributed by atoms with E-state index < -0.39 is 0 Å². The number of hydrogen-bond acceptors (Lipinski definition) is 3. The van der Waals surface area contributed by atoms with Crippen molar-refractivity contribution in [2.75, 3.05) is 6.54 Å². The van der Waals surface area contributed by atoms with Crippen LogP contribution in [-0.2, 0) is 6.54 Å². The minimum absolute atomic E-state index is 0.315. The Labute approximate surface area is 102 Å². The molecule has 88 valence electrons. The molecule has 0 fully saturated rings. The van der Waals surface area contributed by atoms with Crippen molar-refractivity contribution in [1.82, 2.24) is 5.32 Å². The van der Waals surface area contributed by atoms with Crippen LogP contribution in [0.1, 0.15) is 38.1 Å². The normalized spacial score (nSPS) is 11.8. The summed E-state index contributed by atoms with van der Waals surface area (Å²) in [5.41, 5.74) is 1.08. The molecule has 1 aromatic heterocycles. The van der Waals surface area contributed by atoms with Gasteiger partial charge >= 0.3 is 0 Å². The van der Waals surface area contributed by atoms with E-state index in [9.17, 15) is 0 Å². The van der Waals surface area contributed by atoms with Gasteiger partial charge in [-0.3, -0.25) is 0 Å². The van der Waals surface area contributed by atoms with Crippen molar-refractivity contribution in [2.45, 2.75) is 34.2 Å². The van der Waals surface area contributed by atoms with Gasteiger partial charge in [-0.15, -0.1) is 11.3 Å². The molecular weight excluding hydrogens is 216 g/mol. The molecule has 1 rings (SSSR count). The quantitative estimate of drug-likeness (QED) is 0.850. The smallest absolute Gasteiger partial charge is 0.100 e. The first kappa shape index (κ1) is 13.2. The molecule has 0 spiro atoms. The van der Waals surface area contributed by atoms with Gasteiger partial charge in [-0.2, -0.15) is 5.26 Å². The fraction of sp³-hybridized carbons (Fsp3) is 0.615. The topological polar surface area (TPSA) is 35.8 Å². The molecule has 0 aromatic carbocycles. The first-order chi connectivity index (χ1) is 7.45. The van der Waals surface area contributed by atoms with Crippen LogP contribution in [0.5, 0.6) is 0 Å². The highest BCUT2D eigenvalue weighted by molar-refractivity contribution is 7.10. The number of hydrogen-bond donors (Lipinski definition) is 1. The lowest BCUT2D eigenvalue weighted by molar-refractivity contribution is 0.238. The molecule has 3 heteroatoms. The molecule has 0 bridgehead atoms. The van der Waals surface area contributed by atoms with Gasteiger partial charge in [0.1, 0.15) is 6.07 Å². The first-order valence-electron chi connectivity index (χ1n) is 5.64. The van der Waals surface area contributed by atoms with Gasteiger partial charge in [0.2, 0.25) is 0 Å². The summed E-state index contributed by atoms with van der Waals surface area (Å²) in [5, 5.41) is 14.1. The molecule has 2 nitrogen and oxygen atoms in total. The molecule has 0 amide bonds. The summed E-state index contributed by atoms with van der Waals surface area (Å²) in [6, 6.07) is 4.11.